The molecule has 12 heteroatoms. The van der Waals surface area contributed by atoms with Gasteiger partial charge in [-0.15, -0.1) is 0 Å². The van der Waals surface area contributed by atoms with Gasteiger partial charge in [-0.1, -0.05) is 32.0 Å². The van der Waals surface area contributed by atoms with Crippen LogP contribution in [0.1, 0.15) is 51.5 Å². The number of nitrogens with two attached hydrogens (primary N) is 1. The number of aromatic amines is 1. The van der Waals surface area contributed by atoms with Gasteiger partial charge in [0.2, 0.25) is 17.7 Å². The zero-order valence-corrected chi connectivity index (χ0v) is 22.2. The Labute approximate surface area is 226 Å². The van der Waals surface area contributed by atoms with Crippen molar-refractivity contribution in [2.45, 2.75) is 76.5 Å². The lowest BCUT2D eigenvalue weighted by Gasteiger charge is -2.29. The summed E-state index contributed by atoms with van der Waals surface area (Å²) in [6.07, 6.45) is 2.37. The minimum absolute atomic E-state index is 0.0594. The summed E-state index contributed by atoms with van der Waals surface area (Å²) in [4.78, 5) is 67.1. The van der Waals surface area contributed by atoms with Crippen molar-refractivity contribution in [2.75, 3.05) is 6.54 Å². The third-order valence-corrected chi connectivity index (χ3v) is 6.88. The van der Waals surface area contributed by atoms with Crippen LogP contribution in [0.15, 0.2) is 30.5 Å². The van der Waals surface area contributed by atoms with Crippen LogP contribution in [-0.2, 0) is 30.4 Å². The number of carbonyl (C=O) groups excluding carboxylic acids is 3. The van der Waals surface area contributed by atoms with Crippen molar-refractivity contribution in [1.82, 2.24) is 20.5 Å². The van der Waals surface area contributed by atoms with Gasteiger partial charge >= 0.3 is 11.9 Å². The average Bonchev–Trinajstić information content (AvgIpc) is 3.53. The van der Waals surface area contributed by atoms with E-state index in [2.05, 4.69) is 15.6 Å². The Balaban J connectivity index is 1.87. The zero-order valence-electron chi connectivity index (χ0n) is 22.2. The van der Waals surface area contributed by atoms with Crippen LogP contribution < -0.4 is 16.4 Å². The summed E-state index contributed by atoms with van der Waals surface area (Å²) >= 11 is 0. The second kappa shape index (κ2) is 13.2. The average molecular weight is 544 g/mol. The molecule has 0 aliphatic carbocycles. The first-order chi connectivity index (χ1) is 18.5. The quantitative estimate of drug-likeness (QED) is 0.215. The summed E-state index contributed by atoms with van der Waals surface area (Å²) < 4.78 is 0. The molecule has 1 aliphatic rings. The van der Waals surface area contributed by atoms with E-state index in [1.165, 1.54) is 4.90 Å². The standard InChI is InChI=1S/C27H37N5O7/c1-15(2)12-18(28)24(35)30-20(9-10-23(33)34)25(36)31-21(26(37)32-11-5-8-22(32)27(38)39)13-16-14-29-19-7-4-3-6-17(16)19/h3-4,6-7,14-15,18,20-22,29H,5,8-13,28H2,1-2H3,(H,30,35)(H,31,36)(H,33,34)(H,38,39). The Bertz CT molecular complexity index is 1210. The molecular weight excluding hydrogens is 506 g/mol. The summed E-state index contributed by atoms with van der Waals surface area (Å²) in [6.45, 7) is 4.02. The van der Waals surface area contributed by atoms with Gasteiger partial charge in [-0.25, -0.2) is 4.79 Å². The van der Waals surface area contributed by atoms with Crippen LogP contribution in [0.4, 0.5) is 0 Å². The zero-order chi connectivity index (χ0) is 28.7. The fourth-order valence-corrected chi connectivity index (χ4v) is 4.91. The molecule has 0 saturated carbocycles. The van der Waals surface area contributed by atoms with Crippen molar-refractivity contribution in [3.05, 3.63) is 36.0 Å². The highest BCUT2D eigenvalue weighted by Crippen LogP contribution is 2.23. The minimum Gasteiger partial charge on any atom is -0.481 e. The molecule has 12 nitrogen and oxygen atoms in total. The number of rotatable bonds is 13. The molecule has 0 radical (unpaired) electrons. The Morgan fingerprint density at radius 2 is 1.77 bits per heavy atom. The number of amides is 3. The maximum Gasteiger partial charge on any atom is 0.326 e. The number of aromatic nitrogens is 1. The number of benzene rings is 1. The molecule has 1 saturated heterocycles. The number of nitrogens with one attached hydrogen (secondary N) is 3. The van der Waals surface area contributed by atoms with Gasteiger partial charge in [0.05, 0.1) is 6.04 Å². The molecule has 4 unspecified atom stereocenters. The molecule has 0 spiro atoms. The van der Waals surface area contributed by atoms with Crippen molar-refractivity contribution in [3.8, 4) is 0 Å². The molecule has 4 atom stereocenters. The van der Waals surface area contributed by atoms with E-state index in [9.17, 15) is 34.2 Å². The molecule has 1 fully saturated rings. The Morgan fingerprint density at radius 1 is 1.08 bits per heavy atom. The van der Waals surface area contributed by atoms with Gasteiger partial charge in [0.1, 0.15) is 18.1 Å². The maximum absolute atomic E-state index is 13.6. The number of fused-ring (bicyclic) bond motifs is 1. The van der Waals surface area contributed by atoms with Crippen molar-refractivity contribution < 1.29 is 34.2 Å². The summed E-state index contributed by atoms with van der Waals surface area (Å²) in [5.41, 5.74) is 7.53. The monoisotopic (exact) mass is 543 g/mol. The highest BCUT2D eigenvalue weighted by molar-refractivity contribution is 5.95. The fraction of sp³-hybridized carbons (Fsp3) is 0.519. The molecule has 1 aromatic carbocycles. The normalized spacial score (nSPS) is 17.5. The molecule has 2 heterocycles. The Morgan fingerprint density at radius 3 is 2.44 bits per heavy atom. The molecule has 212 valence electrons. The van der Waals surface area contributed by atoms with Crippen LogP contribution in [0, 0.1) is 5.92 Å². The third kappa shape index (κ3) is 7.79. The lowest BCUT2D eigenvalue weighted by molar-refractivity contribution is -0.149. The van der Waals surface area contributed by atoms with E-state index in [4.69, 9.17) is 5.73 Å². The highest BCUT2D eigenvalue weighted by atomic mass is 16.4. The van der Waals surface area contributed by atoms with Crippen LogP contribution in [0.25, 0.3) is 10.9 Å². The SMILES string of the molecule is CC(C)CC(N)C(=O)NC(CCC(=O)O)C(=O)NC(Cc1c[nH]c2ccccc12)C(=O)N1CCCC1C(=O)O. The van der Waals surface area contributed by atoms with Crippen molar-refractivity contribution in [2.24, 2.45) is 11.7 Å². The van der Waals surface area contributed by atoms with Gasteiger partial charge in [-0.05, 0) is 43.2 Å². The number of hydrogen-bond donors (Lipinski definition) is 6. The number of H-pyrrole nitrogens is 1. The van der Waals surface area contributed by atoms with Crippen LogP contribution in [-0.4, -0.2) is 80.5 Å². The van der Waals surface area contributed by atoms with Gasteiger partial charge in [0, 0.05) is 36.5 Å². The fourth-order valence-electron chi connectivity index (χ4n) is 4.91. The lowest BCUT2D eigenvalue weighted by Crippen LogP contribution is -2.57. The van der Waals surface area contributed by atoms with E-state index in [1.807, 2.05) is 38.1 Å². The number of carboxylic acid groups (broad SMARTS) is 2. The van der Waals surface area contributed by atoms with Crippen LogP contribution in [0.5, 0.6) is 0 Å². The summed E-state index contributed by atoms with van der Waals surface area (Å²) in [5, 5.41) is 24.9. The van der Waals surface area contributed by atoms with Crippen LogP contribution >= 0.6 is 0 Å². The Hall–Kier alpha value is -3.93. The lowest BCUT2D eigenvalue weighted by atomic mass is 10.0. The second-order valence-electron chi connectivity index (χ2n) is 10.4. The molecular formula is C27H37N5O7. The number of carboxylic acids is 2. The van der Waals surface area contributed by atoms with Gasteiger partial charge in [0.15, 0.2) is 0 Å². The molecule has 7 N–H and O–H groups in total. The minimum atomic E-state index is -1.25. The molecule has 39 heavy (non-hydrogen) atoms. The van der Waals surface area contributed by atoms with Crippen molar-refractivity contribution >= 4 is 40.6 Å². The summed E-state index contributed by atoms with van der Waals surface area (Å²) in [5.74, 6) is -4.05. The summed E-state index contributed by atoms with van der Waals surface area (Å²) in [7, 11) is 0. The highest BCUT2D eigenvalue weighted by Gasteiger charge is 2.38. The van der Waals surface area contributed by atoms with E-state index in [0.717, 1.165) is 16.5 Å². The van der Waals surface area contributed by atoms with E-state index in [1.54, 1.807) is 6.20 Å². The maximum atomic E-state index is 13.6. The van der Waals surface area contributed by atoms with Crippen LogP contribution in [0.3, 0.4) is 0 Å². The van der Waals surface area contributed by atoms with Crippen molar-refractivity contribution in [1.29, 1.82) is 0 Å². The van der Waals surface area contributed by atoms with E-state index in [-0.39, 0.29) is 25.3 Å². The molecule has 1 aromatic heterocycles. The van der Waals surface area contributed by atoms with Crippen molar-refractivity contribution in [3.63, 3.8) is 0 Å². The van der Waals surface area contributed by atoms with Gasteiger partial charge in [0.25, 0.3) is 0 Å². The molecule has 2 aromatic rings. The first kappa shape index (κ1) is 29.6. The predicted octanol–water partition coefficient (Wildman–Crippen LogP) is 0.994. The largest absolute Gasteiger partial charge is 0.481 e. The van der Waals surface area contributed by atoms with Gasteiger partial charge in [-0.3, -0.25) is 19.2 Å². The second-order valence-corrected chi connectivity index (χ2v) is 10.4. The first-order valence-corrected chi connectivity index (χ1v) is 13.1. The molecule has 3 rings (SSSR count). The number of carbonyl (C=O) groups is 5. The number of para-hydroxylation sites is 1. The first-order valence-electron chi connectivity index (χ1n) is 13.1. The van der Waals surface area contributed by atoms with Gasteiger partial charge < -0.3 is 36.5 Å². The Kier molecular flexibility index (Phi) is 10.0. The van der Waals surface area contributed by atoms with Gasteiger partial charge in [-0.2, -0.15) is 0 Å². The number of nitrogens with zero attached hydrogens (tertiary/aromatic N) is 1. The smallest absolute Gasteiger partial charge is 0.326 e. The van der Waals surface area contributed by atoms with E-state index < -0.39 is 60.2 Å². The van der Waals surface area contributed by atoms with E-state index >= 15 is 0 Å². The third-order valence-electron chi connectivity index (χ3n) is 6.88. The molecule has 1 aliphatic heterocycles. The number of hydrogen-bond acceptors (Lipinski definition) is 6. The van der Waals surface area contributed by atoms with Crippen LogP contribution in [0.2, 0.25) is 0 Å². The summed E-state index contributed by atoms with van der Waals surface area (Å²) in [6, 6.07) is 3.14. The number of likely N-dealkylation sites (tertiary alicyclic amines) is 1. The predicted molar refractivity (Wildman–Crippen MR) is 143 cm³/mol. The number of aliphatic carboxylic acids is 2. The molecule has 0 bridgehead atoms. The van der Waals surface area contributed by atoms with E-state index in [0.29, 0.717) is 19.3 Å². The topological polar surface area (TPSA) is 195 Å². The molecule has 3 amide bonds.